The van der Waals surface area contributed by atoms with Crippen molar-refractivity contribution in [3.8, 4) is 0 Å². The van der Waals surface area contributed by atoms with Crippen molar-refractivity contribution in [3.05, 3.63) is 53.3 Å². The Morgan fingerprint density at radius 2 is 2.42 bits per heavy atom. The number of thiophene rings is 1. The van der Waals surface area contributed by atoms with Crippen molar-refractivity contribution in [2.45, 2.75) is 6.92 Å². The van der Waals surface area contributed by atoms with E-state index in [9.17, 15) is 0 Å². The molecular weight excluding hydrogens is 164 g/mol. The van der Waals surface area contributed by atoms with Crippen LogP contribution in [0.15, 0.2) is 48.4 Å². The van der Waals surface area contributed by atoms with Crippen molar-refractivity contribution in [3.63, 3.8) is 0 Å². The fourth-order valence-electron chi connectivity index (χ4n) is 0.893. The molecule has 12 heavy (non-hydrogen) atoms. The van der Waals surface area contributed by atoms with E-state index < -0.39 is 0 Å². The molecule has 1 aromatic heterocycles. The van der Waals surface area contributed by atoms with Crippen LogP contribution in [0.2, 0.25) is 0 Å². The Balaban J connectivity index is 2.90. The van der Waals surface area contributed by atoms with Crippen LogP contribution >= 0.6 is 11.3 Å². The maximum absolute atomic E-state index is 3.77. The number of allylic oxidation sites excluding steroid dienone is 5. The summed E-state index contributed by atoms with van der Waals surface area (Å²) < 4.78 is 0. The van der Waals surface area contributed by atoms with E-state index in [1.165, 1.54) is 10.5 Å². The quantitative estimate of drug-likeness (QED) is 0.613. The van der Waals surface area contributed by atoms with Crippen molar-refractivity contribution in [2.24, 2.45) is 0 Å². The lowest BCUT2D eigenvalue weighted by atomic mass is 10.2. The molecule has 0 bridgehead atoms. The predicted molar refractivity (Wildman–Crippen MR) is 57.3 cm³/mol. The van der Waals surface area contributed by atoms with Gasteiger partial charge < -0.3 is 0 Å². The van der Waals surface area contributed by atoms with Crippen LogP contribution in [-0.4, -0.2) is 0 Å². The van der Waals surface area contributed by atoms with Gasteiger partial charge in [0.1, 0.15) is 0 Å². The average molecular weight is 176 g/mol. The summed E-state index contributed by atoms with van der Waals surface area (Å²) in [5.41, 5.74) is 1.18. The van der Waals surface area contributed by atoms with Crippen molar-refractivity contribution in [1.29, 1.82) is 0 Å². The van der Waals surface area contributed by atoms with Crippen LogP contribution in [0, 0.1) is 0 Å². The first-order valence-corrected chi connectivity index (χ1v) is 4.75. The maximum Gasteiger partial charge on any atom is 0.0342 e. The molecule has 0 unspecified atom stereocenters. The van der Waals surface area contributed by atoms with Gasteiger partial charge in [0.05, 0.1) is 0 Å². The summed E-state index contributed by atoms with van der Waals surface area (Å²) in [6.45, 7) is 5.78. The summed E-state index contributed by atoms with van der Waals surface area (Å²) >= 11 is 1.73. The Hall–Kier alpha value is -1.08. The number of rotatable bonds is 3. The molecule has 0 fully saturated rings. The van der Waals surface area contributed by atoms with Gasteiger partial charge in [0.15, 0.2) is 0 Å². The Morgan fingerprint density at radius 1 is 1.58 bits per heavy atom. The second-order valence-corrected chi connectivity index (χ2v) is 3.28. The lowest BCUT2D eigenvalue weighted by Gasteiger charge is -1.93. The van der Waals surface area contributed by atoms with Gasteiger partial charge in [0.2, 0.25) is 0 Å². The Morgan fingerprint density at radius 3 is 2.92 bits per heavy atom. The first kappa shape index (κ1) is 9.01. The average Bonchev–Trinajstić information content (AvgIpc) is 2.59. The largest absolute Gasteiger partial charge is 0.144 e. The first-order valence-electron chi connectivity index (χ1n) is 3.87. The standard InChI is InChI=1S/C11H12S/c1-3-5-7-10(4-2)11-8-6-9-12-11/h3-9H,2H2,1H3/b5-3-,10-7+. The van der Waals surface area contributed by atoms with Gasteiger partial charge >= 0.3 is 0 Å². The SMILES string of the molecule is C=C/C(=C\C=C/C)c1cccs1. The van der Waals surface area contributed by atoms with Crippen molar-refractivity contribution in [1.82, 2.24) is 0 Å². The van der Waals surface area contributed by atoms with Crippen LogP contribution in [0.1, 0.15) is 11.8 Å². The minimum atomic E-state index is 1.18. The Kier molecular flexibility index (Phi) is 3.55. The smallest absolute Gasteiger partial charge is 0.0342 e. The normalized spacial score (nSPS) is 12.2. The van der Waals surface area contributed by atoms with Gasteiger partial charge in [-0.05, 0) is 23.9 Å². The summed E-state index contributed by atoms with van der Waals surface area (Å²) in [7, 11) is 0. The molecule has 0 saturated carbocycles. The van der Waals surface area contributed by atoms with Gasteiger partial charge in [0.25, 0.3) is 0 Å². The van der Waals surface area contributed by atoms with Crippen LogP contribution in [0.5, 0.6) is 0 Å². The van der Waals surface area contributed by atoms with E-state index >= 15 is 0 Å². The molecule has 0 aliphatic heterocycles. The number of hydrogen-bond acceptors (Lipinski definition) is 1. The van der Waals surface area contributed by atoms with E-state index in [-0.39, 0.29) is 0 Å². The topological polar surface area (TPSA) is 0 Å². The lowest BCUT2D eigenvalue weighted by molar-refractivity contribution is 1.73. The Bertz CT molecular complexity index is 289. The molecule has 0 aromatic carbocycles. The highest BCUT2D eigenvalue weighted by molar-refractivity contribution is 7.11. The third-order valence-corrected chi connectivity index (χ3v) is 2.41. The van der Waals surface area contributed by atoms with Crippen molar-refractivity contribution in [2.75, 3.05) is 0 Å². The van der Waals surface area contributed by atoms with E-state index in [0.29, 0.717) is 0 Å². The lowest BCUT2D eigenvalue weighted by Crippen LogP contribution is -1.70. The molecule has 0 N–H and O–H groups in total. The zero-order valence-electron chi connectivity index (χ0n) is 7.16. The fourth-order valence-corrected chi connectivity index (χ4v) is 1.64. The second-order valence-electron chi connectivity index (χ2n) is 2.33. The van der Waals surface area contributed by atoms with Gasteiger partial charge in [-0.3, -0.25) is 0 Å². The molecule has 0 radical (unpaired) electrons. The highest BCUT2D eigenvalue weighted by Crippen LogP contribution is 2.20. The summed E-state index contributed by atoms with van der Waals surface area (Å²) in [6.07, 6.45) is 7.98. The molecule has 1 aromatic rings. The molecule has 0 saturated heterocycles. The molecule has 0 spiro atoms. The van der Waals surface area contributed by atoms with Crippen molar-refractivity contribution < 1.29 is 0 Å². The van der Waals surface area contributed by atoms with Gasteiger partial charge in [-0.2, -0.15) is 0 Å². The van der Waals surface area contributed by atoms with Gasteiger partial charge in [-0.25, -0.2) is 0 Å². The molecule has 1 rings (SSSR count). The Labute approximate surface area is 77.6 Å². The molecule has 0 amide bonds. The van der Waals surface area contributed by atoms with Crippen LogP contribution in [0.25, 0.3) is 5.57 Å². The van der Waals surface area contributed by atoms with Gasteiger partial charge in [-0.15, -0.1) is 11.3 Å². The summed E-state index contributed by atoms with van der Waals surface area (Å²) in [6, 6.07) is 4.15. The highest BCUT2D eigenvalue weighted by atomic mass is 32.1. The minimum Gasteiger partial charge on any atom is -0.144 e. The molecule has 1 heterocycles. The zero-order chi connectivity index (χ0) is 8.81. The molecule has 0 atom stereocenters. The monoisotopic (exact) mass is 176 g/mol. The van der Waals surface area contributed by atoms with Crippen LogP contribution in [0.4, 0.5) is 0 Å². The van der Waals surface area contributed by atoms with Crippen LogP contribution in [0.3, 0.4) is 0 Å². The molecule has 0 aliphatic carbocycles. The summed E-state index contributed by atoms with van der Waals surface area (Å²) in [5, 5.41) is 2.07. The third kappa shape index (κ3) is 2.21. The predicted octanol–water partition coefficient (Wildman–Crippen LogP) is 3.89. The summed E-state index contributed by atoms with van der Waals surface area (Å²) in [5.74, 6) is 0. The van der Waals surface area contributed by atoms with E-state index in [1.807, 2.05) is 31.2 Å². The fraction of sp³-hybridized carbons (Fsp3) is 0.0909. The zero-order valence-corrected chi connectivity index (χ0v) is 7.97. The molecule has 1 heteroatoms. The van der Waals surface area contributed by atoms with E-state index in [0.717, 1.165) is 0 Å². The molecule has 0 nitrogen and oxygen atoms in total. The minimum absolute atomic E-state index is 1.18. The van der Waals surface area contributed by atoms with Crippen molar-refractivity contribution >= 4 is 16.9 Å². The van der Waals surface area contributed by atoms with Crippen LogP contribution in [-0.2, 0) is 0 Å². The summed E-state index contributed by atoms with van der Waals surface area (Å²) in [4.78, 5) is 1.27. The maximum atomic E-state index is 3.77. The molecular formula is C11H12S. The second kappa shape index (κ2) is 4.73. The van der Waals surface area contributed by atoms with E-state index in [2.05, 4.69) is 24.1 Å². The van der Waals surface area contributed by atoms with E-state index in [1.54, 1.807) is 11.3 Å². The van der Waals surface area contributed by atoms with Gasteiger partial charge in [0, 0.05) is 4.88 Å². The van der Waals surface area contributed by atoms with E-state index in [4.69, 9.17) is 0 Å². The third-order valence-electron chi connectivity index (χ3n) is 1.49. The molecule has 0 aliphatic rings. The van der Waals surface area contributed by atoms with Gasteiger partial charge in [-0.1, -0.05) is 36.9 Å². The van der Waals surface area contributed by atoms with Crippen LogP contribution < -0.4 is 0 Å². The highest BCUT2D eigenvalue weighted by Gasteiger charge is 1.94. The number of hydrogen-bond donors (Lipinski definition) is 0. The molecule has 62 valence electrons. The first-order chi connectivity index (χ1) is 5.88.